The standard InChI is InChI=1S/C10H22N2O/c1-3-11-7-9(2)12-8-10-5-4-6-13-10/h9-12H,3-8H2,1-2H3/t9?,10-/m1/s1. The van der Waals surface area contributed by atoms with Gasteiger partial charge in [0, 0.05) is 25.7 Å². The maximum absolute atomic E-state index is 5.52. The highest BCUT2D eigenvalue weighted by atomic mass is 16.5. The number of likely N-dealkylation sites (N-methyl/N-ethyl adjacent to an activating group) is 1. The Morgan fingerprint density at radius 3 is 3.00 bits per heavy atom. The fourth-order valence-corrected chi connectivity index (χ4v) is 1.57. The predicted molar refractivity (Wildman–Crippen MR) is 55.0 cm³/mol. The molecule has 3 heteroatoms. The van der Waals surface area contributed by atoms with Crippen LogP contribution in [0.3, 0.4) is 0 Å². The van der Waals surface area contributed by atoms with Crippen molar-refractivity contribution in [3.8, 4) is 0 Å². The number of hydrogen-bond donors (Lipinski definition) is 2. The summed E-state index contributed by atoms with van der Waals surface area (Å²) >= 11 is 0. The Balaban J connectivity index is 1.97. The van der Waals surface area contributed by atoms with E-state index in [1.54, 1.807) is 0 Å². The molecule has 1 fully saturated rings. The number of hydrogen-bond acceptors (Lipinski definition) is 3. The Kier molecular flexibility index (Phi) is 5.35. The van der Waals surface area contributed by atoms with Crippen LogP contribution in [0.2, 0.25) is 0 Å². The van der Waals surface area contributed by atoms with Gasteiger partial charge < -0.3 is 15.4 Å². The monoisotopic (exact) mass is 186 g/mol. The first-order valence-electron chi connectivity index (χ1n) is 5.38. The van der Waals surface area contributed by atoms with E-state index >= 15 is 0 Å². The topological polar surface area (TPSA) is 33.3 Å². The minimum absolute atomic E-state index is 0.462. The zero-order valence-electron chi connectivity index (χ0n) is 8.81. The van der Waals surface area contributed by atoms with E-state index in [1.807, 2.05) is 0 Å². The van der Waals surface area contributed by atoms with Crippen molar-refractivity contribution < 1.29 is 4.74 Å². The van der Waals surface area contributed by atoms with E-state index in [4.69, 9.17) is 4.74 Å². The molecule has 13 heavy (non-hydrogen) atoms. The van der Waals surface area contributed by atoms with Crippen LogP contribution in [0, 0.1) is 0 Å². The highest BCUT2D eigenvalue weighted by Crippen LogP contribution is 2.10. The Bertz CT molecular complexity index is 124. The SMILES string of the molecule is CCNCC(C)NC[C@H]1CCCO1. The van der Waals surface area contributed by atoms with Gasteiger partial charge in [0.1, 0.15) is 0 Å². The van der Waals surface area contributed by atoms with Crippen LogP contribution in [-0.4, -0.2) is 38.4 Å². The van der Waals surface area contributed by atoms with Crippen molar-refractivity contribution >= 4 is 0 Å². The first kappa shape index (κ1) is 11.0. The van der Waals surface area contributed by atoms with Crippen molar-refractivity contribution in [2.45, 2.75) is 38.8 Å². The van der Waals surface area contributed by atoms with Crippen LogP contribution in [0.1, 0.15) is 26.7 Å². The fourth-order valence-electron chi connectivity index (χ4n) is 1.57. The second kappa shape index (κ2) is 6.35. The van der Waals surface area contributed by atoms with Gasteiger partial charge in [-0.3, -0.25) is 0 Å². The molecule has 0 aromatic heterocycles. The molecule has 2 N–H and O–H groups in total. The largest absolute Gasteiger partial charge is 0.377 e. The predicted octanol–water partition coefficient (Wildman–Crippen LogP) is 0.753. The molecule has 78 valence electrons. The highest BCUT2D eigenvalue weighted by Gasteiger charge is 2.15. The number of rotatable bonds is 6. The van der Waals surface area contributed by atoms with Crippen LogP contribution in [0.4, 0.5) is 0 Å². The molecule has 1 aliphatic heterocycles. The molecule has 0 bridgehead atoms. The molecule has 0 saturated carbocycles. The summed E-state index contributed by atoms with van der Waals surface area (Å²) in [6, 6.07) is 0.546. The van der Waals surface area contributed by atoms with E-state index in [0.717, 1.165) is 26.2 Å². The Morgan fingerprint density at radius 2 is 2.38 bits per heavy atom. The quantitative estimate of drug-likeness (QED) is 0.642. The third kappa shape index (κ3) is 4.60. The average molecular weight is 186 g/mol. The van der Waals surface area contributed by atoms with E-state index in [9.17, 15) is 0 Å². The molecule has 0 radical (unpaired) electrons. The van der Waals surface area contributed by atoms with Crippen molar-refractivity contribution in [2.75, 3.05) is 26.2 Å². The molecule has 0 spiro atoms. The highest BCUT2D eigenvalue weighted by molar-refractivity contribution is 4.71. The summed E-state index contributed by atoms with van der Waals surface area (Å²) in [6.07, 6.45) is 2.92. The summed E-state index contributed by atoms with van der Waals surface area (Å²) in [7, 11) is 0. The molecule has 1 aliphatic rings. The summed E-state index contributed by atoms with van der Waals surface area (Å²) in [5.74, 6) is 0. The van der Waals surface area contributed by atoms with Gasteiger partial charge in [-0.15, -0.1) is 0 Å². The Labute approximate surface area is 81.2 Å². The molecule has 1 heterocycles. The minimum Gasteiger partial charge on any atom is -0.377 e. The third-order valence-corrected chi connectivity index (χ3v) is 2.42. The summed E-state index contributed by atoms with van der Waals surface area (Å²) in [5.41, 5.74) is 0. The van der Waals surface area contributed by atoms with Gasteiger partial charge in [0.15, 0.2) is 0 Å². The molecular formula is C10H22N2O. The van der Waals surface area contributed by atoms with E-state index in [1.165, 1.54) is 12.8 Å². The van der Waals surface area contributed by atoms with Gasteiger partial charge in [-0.1, -0.05) is 6.92 Å². The molecule has 2 atom stereocenters. The smallest absolute Gasteiger partial charge is 0.0700 e. The van der Waals surface area contributed by atoms with E-state index < -0.39 is 0 Å². The third-order valence-electron chi connectivity index (χ3n) is 2.42. The molecule has 0 aromatic rings. The summed E-state index contributed by atoms with van der Waals surface area (Å²) < 4.78 is 5.52. The van der Waals surface area contributed by atoms with Crippen LogP contribution in [0.15, 0.2) is 0 Å². The Morgan fingerprint density at radius 1 is 1.54 bits per heavy atom. The van der Waals surface area contributed by atoms with Gasteiger partial charge >= 0.3 is 0 Å². The van der Waals surface area contributed by atoms with Gasteiger partial charge in [-0.05, 0) is 26.3 Å². The summed E-state index contributed by atoms with van der Waals surface area (Å²) in [4.78, 5) is 0. The van der Waals surface area contributed by atoms with Crippen molar-refractivity contribution in [1.82, 2.24) is 10.6 Å². The second-order valence-electron chi connectivity index (χ2n) is 3.75. The molecular weight excluding hydrogens is 164 g/mol. The van der Waals surface area contributed by atoms with Crippen molar-refractivity contribution in [1.29, 1.82) is 0 Å². The van der Waals surface area contributed by atoms with E-state index in [2.05, 4.69) is 24.5 Å². The molecule has 0 aromatic carbocycles. The van der Waals surface area contributed by atoms with Crippen LogP contribution < -0.4 is 10.6 Å². The van der Waals surface area contributed by atoms with Crippen LogP contribution in [0.25, 0.3) is 0 Å². The first-order valence-corrected chi connectivity index (χ1v) is 5.38. The van der Waals surface area contributed by atoms with Gasteiger partial charge in [-0.25, -0.2) is 0 Å². The molecule has 1 rings (SSSR count). The average Bonchev–Trinajstić information content (AvgIpc) is 2.64. The minimum atomic E-state index is 0.462. The lowest BCUT2D eigenvalue weighted by Crippen LogP contribution is -2.40. The molecule has 0 aliphatic carbocycles. The summed E-state index contributed by atoms with van der Waals surface area (Å²) in [5, 5.41) is 6.79. The van der Waals surface area contributed by atoms with Crippen LogP contribution >= 0.6 is 0 Å². The fraction of sp³-hybridized carbons (Fsp3) is 1.00. The van der Waals surface area contributed by atoms with Gasteiger partial charge in [0.05, 0.1) is 6.10 Å². The zero-order chi connectivity index (χ0) is 9.52. The number of ether oxygens (including phenoxy) is 1. The molecule has 3 nitrogen and oxygen atoms in total. The first-order chi connectivity index (χ1) is 6.33. The zero-order valence-corrected chi connectivity index (χ0v) is 8.81. The van der Waals surface area contributed by atoms with Gasteiger partial charge in [-0.2, -0.15) is 0 Å². The van der Waals surface area contributed by atoms with E-state index in [-0.39, 0.29) is 0 Å². The van der Waals surface area contributed by atoms with Gasteiger partial charge in [0.2, 0.25) is 0 Å². The molecule has 1 unspecified atom stereocenters. The molecule has 0 amide bonds. The van der Waals surface area contributed by atoms with Crippen molar-refractivity contribution in [2.24, 2.45) is 0 Å². The Hall–Kier alpha value is -0.120. The van der Waals surface area contributed by atoms with Crippen molar-refractivity contribution in [3.05, 3.63) is 0 Å². The van der Waals surface area contributed by atoms with Crippen LogP contribution in [-0.2, 0) is 4.74 Å². The second-order valence-corrected chi connectivity index (χ2v) is 3.75. The van der Waals surface area contributed by atoms with Crippen molar-refractivity contribution in [3.63, 3.8) is 0 Å². The number of nitrogens with one attached hydrogen (secondary N) is 2. The van der Waals surface area contributed by atoms with Gasteiger partial charge in [0.25, 0.3) is 0 Å². The lowest BCUT2D eigenvalue weighted by molar-refractivity contribution is 0.108. The molecule has 1 saturated heterocycles. The lowest BCUT2D eigenvalue weighted by Gasteiger charge is -2.16. The summed E-state index contributed by atoms with van der Waals surface area (Å²) in [6.45, 7) is 8.39. The maximum atomic E-state index is 5.52. The normalized spacial score (nSPS) is 24.9. The maximum Gasteiger partial charge on any atom is 0.0700 e. The van der Waals surface area contributed by atoms with E-state index in [0.29, 0.717) is 12.1 Å². The van der Waals surface area contributed by atoms with Crippen LogP contribution in [0.5, 0.6) is 0 Å². The lowest BCUT2D eigenvalue weighted by atomic mass is 10.2.